The van der Waals surface area contributed by atoms with Gasteiger partial charge in [-0.1, -0.05) is 12.1 Å². The average molecular weight is 248 g/mol. The molecular weight excluding hydrogens is 228 g/mol. The van der Waals surface area contributed by atoms with E-state index < -0.39 is 0 Å². The van der Waals surface area contributed by atoms with E-state index in [1.807, 2.05) is 36.6 Å². The third-order valence-corrected chi connectivity index (χ3v) is 3.22. The van der Waals surface area contributed by atoms with E-state index in [4.69, 9.17) is 0 Å². The lowest BCUT2D eigenvalue weighted by molar-refractivity contribution is 0.627. The highest BCUT2D eigenvalue weighted by molar-refractivity contribution is 5.36. The highest BCUT2D eigenvalue weighted by atomic mass is 15.5. The highest BCUT2D eigenvalue weighted by Crippen LogP contribution is 2.19. The molecule has 0 saturated carbocycles. The van der Waals surface area contributed by atoms with E-state index in [1.165, 1.54) is 0 Å². The summed E-state index contributed by atoms with van der Waals surface area (Å²) in [7, 11) is 3.84. The van der Waals surface area contributed by atoms with Crippen molar-refractivity contribution < 1.29 is 0 Å². The van der Waals surface area contributed by atoms with Gasteiger partial charge in [0.05, 0.1) is 23.6 Å². The largest absolute Gasteiger partial charge is 0.312 e. The van der Waals surface area contributed by atoms with Crippen LogP contribution >= 0.6 is 0 Å². The molecule has 0 aliphatic rings. The quantitative estimate of drug-likeness (QED) is 0.881. The zero-order chi connectivity index (χ0) is 13.3. The molecule has 1 atom stereocenters. The third-order valence-electron chi connectivity index (χ3n) is 3.22. The van der Waals surface area contributed by atoms with Gasteiger partial charge < -0.3 is 5.32 Å². The minimum Gasteiger partial charge on any atom is -0.312 e. The maximum Gasteiger partial charge on any atom is 0.108 e. The minimum absolute atomic E-state index is 0.195. The number of nitrogens with one attached hydrogen (secondary N) is 1. The van der Waals surface area contributed by atoms with E-state index in [0.29, 0.717) is 0 Å². The molecule has 18 heavy (non-hydrogen) atoms. The molecule has 0 aromatic carbocycles. The summed E-state index contributed by atoms with van der Waals surface area (Å²) in [5.41, 5.74) is 4.08. The van der Waals surface area contributed by atoms with Gasteiger partial charge in [0.15, 0.2) is 0 Å². The molecule has 1 N–H and O–H groups in total. The Hall–Kier alpha value is -1.69. The Balaban J connectivity index is 2.48. The molecule has 0 aliphatic heterocycles. The van der Waals surface area contributed by atoms with Gasteiger partial charge in [-0.15, -0.1) is 5.10 Å². The maximum absolute atomic E-state index is 4.43. The Morgan fingerprint density at radius 2 is 2.17 bits per heavy atom. The van der Waals surface area contributed by atoms with E-state index in [2.05, 4.69) is 34.6 Å². The lowest BCUT2D eigenvalue weighted by Crippen LogP contribution is -2.14. The molecular formula is C12H20N6. The Bertz CT molecular complexity index is 539. The van der Waals surface area contributed by atoms with E-state index in [9.17, 15) is 0 Å². The fourth-order valence-corrected chi connectivity index (χ4v) is 2.06. The number of nitrogens with zero attached hydrogens (tertiary/aromatic N) is 5. The van der Waals surface area contributed by atoms with E-state index in [-0.39, 0.29) is 6.04 Å². The molecule has 6 nitrogen and oxygen atoms in total. The van der Waals surface area contributed by atoms with Gasteiger partial charge in [0.25, 0.3) is 0 Å². The normalized spacial score (nSPS) is 12.9. The molecule has 2 heterocycles. The van der Waals surface area contributed by atoms with Crippen LogP contribution in [-0.4, -0.2) is 31.8 Å². The third kappa shape index (κ3) is 2.03. The van der Waals surface area contributed by atoms with Crippen LogP contribution < -0.4 is 5.32 Å². The summed E-state index contributed by atoms with van der Waals surface area (Å²) in [6.07, 6.45) is 2.86. The summed E-state index contributed by atoms with van der Waals surface area (Å²) in [4.78, 5) is 0. The number of rotatable bonds is 4. The highest BCUT2D eigenvalue weighted by Gasteiger charge is 2.17. The molecule has 98 valence electrons. The summed E-state index contributed by atoms with van der Waals surface area (Å²) in [5.74, 6) is 0. The van der Waals surface area contributed by atoms with Gasteiger partial charge in [0.2, 0.25) is 0 Å². The van der Waals surface area contributed by atoms with Crippen LogP contribution in [0.15, 0.2) is 6.20 Å². The van der Waals surface area contributed by atoms with Gasteiger partial charge in [-0.25, -0.2) is 4.68 Å². The van der Waals surface area contributed by atoms with Gasteiger partial charge in [0.1, 0.15) is 11.4 Å². The Labute approximate surface area is 107 Å². The first-order valence-electron chi connectivity index (χ1n) is 6.20. The lowest BCUT2D eigenvalue weighted by atomic mass is 10.2. The first-order valence-corrected chi connectivity index (χ1v) is 6.20. The van der Waals surface area contributed by atoms with Crippen LogP contribution in [0.25, 0.3) is 5.69 Å². The lowest BCUT2D eigenvalue weighted by Gasteiger charge is -2.08. The summed E-state index contributed by atoms with van der Waals surface area (Å²) >= 11 is 0. The first kappa shape index (κ1) is 12.8. The van der Waals surface area contributed by atoms with Crippen LogP contribution in [0.4, 0.5) is 0 Å². The molecule has 0 fully saturated rings. The van der Waals surface area contributed by atoms with E-state index in [0.717, 1.165) is 29.2 Å². The second kappa shape index (κ2) is 4.89. The minimum atomic E-state index is 0.195. The Kier molecular flexibility index (Phi) is 3.47. The molecule has 0 amide bonds. The van der Waals surface area contributed by atoms with Crippen LogP contribution in [0, 0.1) is 6.92 Å². The van der Waals surface area contributed by atoms with E-state index >= 15 is 0 Å². The number of aryl methyl sites for hydroxylation is 2. The van der Waals surface area contributed by atoms with Crippen molar-refractivity contribution in [2.24, 2.45) is 7.05 Å². The zero-order valence-corrected chi connectivity index (χ0v) is 11.6. The predicted octanol–water partition coefficient (Wildman–Crippen LogP) is 1.15. The SMILES string of the molecule is CCc1nn(C)cc1-n1nnc(C(C)NC)c1C. The van der Waals surface area contributed by atoms with Gasteiger partial charge in [-0.2, -0.15) is 5.10 Å². The number of hydrogen-bond donors (Lipinski definition) is 1. The van der Waals surface area contributed by atoms with Crippen molar-refractivity contribution in [3.05, 3.63) is 23.3 Å². The number of hydrogen-bond acceptors (Lipinski definition) is 4. The number of aromatic nitrogens is 5. The molecule has 2 aromatic rings. The van der Waals surface area contributed by atoms with Gasteiger partial charge >= 0.3 is 0 Å². The van der Waals surface area contributed by atoms with Crippen LogP contribution in [0.3, 0.4) is 0 Å². The molecule has 0 radical (unpaired) electrons. The second-order valence-corrected chi connectivity index (χ2v) is 4.47. The van der Waals surface area contributed by atoms with Crippen LogP contribution in [0.1, 0.15) is 37.0 Å². The molecule has 2 aromatic heterocycles. The van der Waals surface area contributed by atoms with Gasteiger partial charge in [-0.3, -0.25) is 4.68 Å². The van der Waals surface area contributed by atoms with Gasteiger partial charge in [0, 0.05) is 7.05 Å². The monoisotopic (exact) mass is 248 g/mol. The molecule has 2 rings (SSSR count). The fraction of sp³-hybridized carbons (Fsp3) is 0.583. The standard InChI is InChI=1S/C12H20N6/c1-6-10-11(7-17(5)15-10)18-9(3)12(14-16-18)8(2)13-4/h7-8,13H,6H2,1-5H3. The van der Waals surface area contributed by atoms with E-state index in [1.54, 1.807) is 0 Å². The Morgan fingerprint density at radius 3 is 2.78 bits per heavy atom. The van der Waals surface area contributed by atoms with Crippen LogP contribution in [0.5, 0.6) is 0 Å². The molecule has 0 bridgehead atoms. The molecule has 0 aliphatic carbocycles. The molecule has 0 spiro atoms. The van der Waals surface area contributed by atoms with Crippen molar-refractivity contribution >= 4 is 0 Å². The molecule has 1 unspecified atom stereocenters. The predicted molar refractivity (Wildman–Crippen MR) is 69.7 cm³/mol. The maximum atomic E-state index is 4.43. The zero-order valence-electron chi connectivity index (χ0n) is 11.6. The Morgan fingerprint density at radius 1 is 1.44 bits per heavy atom. The summed E-state index contributed by atoms with van der Waals surface area (Å²) in [6, 6.07) is 0.195. The van der Waals surface area contributed by atoms with Gasteiger partial charge in [-0.05, 0) is 27.3 Å². The fourth-order valence-electron chi connectivity index (χ4n) is 2.06. The molecule has 0 saturated heterocycles. The topological polar surface area (TPSA) is 60.6 Å². The van der Waals surface area contributed by atoms with Crippen molar-refractivity contribution in [3.63, 3.8) is 0 Å². The molecule has 6 heteroatoms. The summed E-state index contributed by atoms with van der Waals surface area (Å²) in [6.45, 7) is 6.20. The second-order valence-electron chi connectivity index (χ2n) is 4.47. The average Bonchev–Trinajstić information content (AvgIpc) is 2.91. The first-order chi connectivity index (χ1) is 8.58. The van der Waals surface area contributed by atoms with Crippen molar-refractivity contribution in [2.75, 3.05) is 7.05 Å². The van der Waals surface area contributed by atoms with Crippen molar-refractivity contribution in [1.82, 2.24) is 30.1 Å². The van der Waals surface area contributed by atoms with Crippen molar-refractivity contribution in [2.45, 2.75) is 33.2 Å². The van der Waals surface area contributed by atoms with Crippen LogP contribution in [0.2, 0.25) is 0 Å². The summed E-state index contributed by atoms with van der Waals surface area (Å²) < 4.78 is 3.69. The van der Waals surface area contributed by atoms with Crippen molar-refractivity contribution in [3.8, 4) is 5.69 Å². The van der Waals surface area contributed by atoms with Crippen molar-refractivity contribution in [1.29, 1.82) is 0 Å². The smallest absolute Gasteiger partial charge is 0.108 e. The summed E-state index contributed by atoms with van der Waals surface area (Å²) in [5, 5.41) is 16.1. The van der Waals surface area contributed by atoms with Crippen LogP contribution in [-0.2, 0) is 13.5 Å².